The molecular weight excluding hydrogens is 565 g/mol. The van der Waals surface area contributed by atoms with E-state index < -0.39 is 73.6 Å². The van der Waals surface area contributed by atoms with Gasteiger partial charge in [-0.1, -0.05) is 12.8 Å². The summed E-state index contributed by atoms with van der Waals surface area (Å²) in [5, 5.41) is -0.924. The van der Waals surface area contributed by atoms with Crippen molar-refractivity contribution in [2.24, 2.45) is 0 Å². The van der Waals surface area contributed by atoms with Crippen molar-refractivity contribution in [2.75, 3.05) is 26.3 Å². The van der Waals surface area contributed by atoms with Crippen LogP contribution in [0.1, 0.15) is 61.0 Å². The van der Waals surface area contributed by atoms with Crippen molar-refractivity contribution in [3.63, 3.8) is 0 Å². The Balaban J connectivity index is 1.39. The maximum absolute atomic E-state index is 13.9. The minimum absolute atomic E-state index is 0.0257. The lowest BCUT2D eigenvalue weighted by atomic mass is 9.73. The molecule has 1 saturated carbocycles. The summed E-state index contributed by atoms with van der Waals surface area (Å²) in [5.74, 6) is -15.2. The highest BCUT2D eigenvalue weighted by atomic mass is 32.2. The molecule has 1 aromatic heterocycles. The molecule has 2 aliphatic heterocycles. The second-order valence-corrected chi connectivity index (χ2v) is 12.2. The van der Waals surface area contributed by atoms with Gasteiger partial charge in [-0.25, -0.2) is 31.6 Å². The van der Waals surface area contributed by atoms with E-state index in [-0.39, 0.29) is 29.5 Å². The number of rotatable bonds is 6. The number of esters is 1. The summed E-state index contributed by atoms with van der Waals surface area (Å²) in [7, 11) is -3.80. The molecule has 0 atom stereocenters. The molecule has 216 valence electrons. The van der Waals surface area contributed by atoms with Crippen LogP contribution in [-0.2, 0) is 24.8 Å². The second kappa shape index (κ2) is 10.7. The van der Waals surface area contributed by atoms with Crippen molar-refractivity contribution in [1.82, 2.24) is 14.9 Å². The largest absolute Gasteiger partial charge is 0.420 e. The Morgan fingerprint density at radius 2 is 1.62 bits per heavy atom. The van der Waals surface area contributed by atoms with Gasteiger partial charge in [0.2, 0.25) is 49.8 Å². The zero-order valence-electron chi connectivity index (χ0n) is 21.0. The van der Waals surface area contributed by atoms with Crippen LogP contribution in [0.15, 0.2) is 11.4 Å². The number of halogens is 5. The predicted molar refractivity (Wildman–Crippen MR) is 126 cm³/mol. The third kappa shape index (κ3) is 4.82. The first kappa shape index (κ1) is 28.3. The monoisotopic (exact) mass is 589 g/mol. The van der Waals surface area contributed by atoms with E-state index in [9.17, 15) is 40.0 Å². The Kier molecular flexibility index (Phi) is 7.54. The number of ether oxygens (including phenoxy) is 2. The van der Waals surface area contributed by atoms with Gasteiger partial charge in [0.25, 0.3) is 5.91 Å². The Hall–Kier alpha value is -3.20. The van der Waals surface area contributed by atoms with E-state index in [4.69, 9.17) is 4.74 Å². The number of amides is 1. The number of carbonyl (C=O) groups excluding carboxylic acids is 2. The van der Waals surface area contributed by atoms with E-state index in [1.165, 1.54) is 4.90 Å². The number of carbonyl (C=O) groups is 2. The van der Waals surface area contributed by atoms with Gasteiger partial charge >= 0.3 is 5.97 Å². The molecule has 1 amide bonds. The Labute approximate surface area is 225 Å². The zero-order chi connectivity index (χ0) is 28.8. The first-order valence-electron chi connectivity index (χ1n) is 12.7. The molecule has 1 aliphatic carbocycles. The quantitative estimate of drug-likeness (QED) is 0.126. The van der Waals surface area contributed by atoms with Gasteiger partial charge in [-0.2, -0.15) is 8.78 Å². The van der Waals surface area contributed by atoms with Crippen molar-refractivity contribution in [2.45, 2.75) is 60.8 Å². The fraction of sp³-hybridized carbons (Fsp3) is 0.520. The van der Waals surface area contributed by atoms with Gasteiger partial charge < -0.3 is 14.4 Å². The van der Waals surface area contributed by atoms with Gasteiger partial charge in [-0.15, -0.1) is 0 Å². The normalized spacial score (nSPS) is 19.2. The lowest BCUT2D eigenvalue weighted by Gasteiger charge is -2.44. The van der Waals surface area contributed by atoms with E-state index in [0.717, 1.165) is 19.0 Å². The first-order valence-corrected chi connectivity index (χ1v) is 14.2. The maximum Gasteiger partial charge on any atom is 0.313 e. The van der Waals surface area contributed by atoms with Gasteiger partial charge in [-0.05, 0) is 25.7 Å². The molecule has 15 heteroatoms. The van der Waals surface area contributed by atoms with Crippen molar-refractivity contribution < 1.29 is 49.4 Å². The van der Waals surface area contributed by atoms with E-state index in [1.54, 1.807) is 0 Å². The van der Waals surface area contributed by atoms with Gasteiger partial charge in [0.1, 0.15) is 0 Å². The van der Waals surface area contributed by atoms with E-state index in [0.29, 0.717) is 38.9 Å². The molecule has 0 unspecified atom stereocenters. The third-order valence-corrected chi connectivity index (χ3v) is 9.75. The Bertz CT molecular complexity index is 1450. The maximum atomic E-state index is 13.9. The molecule has 9 nitrogen and oxygen atoms in total. The number of benzene rings is 1. The van der Waals surface area contributed by atoms with Gasteiger partial charge in [0.15, 0.2) is 0 Å². The first-order chi connectivity index (χ1) is 19.0. The summed E-state index contributed by atoms with van der Waals surface area (Å²) in [6.45, 7) is 0.312. The van der Waals surface area contributed by atoms with Crippen LogP contribution in [0, 0.1) is 29.1 Å². The van der Waals surface area contributed by atoms with Gasteiger partial charge in [-0.3, -0.25) is 9.59 Å². The number of hydrogen-bond donors (Lipinski definition) is 0. The van der Waals surface area contributed by atoms with Gasteiger partial charge in [0, 0.05) is 37.9 Å². The number of nitrogens with zero attached hydrogens (tertiary/aromatic N) is 3. The highest BCUT2D eigenvalue weighted by molar-refractivity contribution is 7.91. The molecule has 2 aromatic rings. The number of sulfone groups is 1. The lowest BCUT2D eigenvalue weighted by molar-refractivity contribution is -0.135. The summed E-state index contributed by atoms with van der Waals surface area (Å²) in [6, 6.07) is 0. The minimum Gasteiger partial charge on any atom is -0.420 e. The molecule has 1 spiro atoms. The minimum atomic E-state index is -3.80. The van der Waals surface area contributed by atoms with Crippen LogP contribution < -0.4 is 4.74 Å². The average molecular weight is 590 g/mol. The average Bonchev–Trinajstić information content (AvgIpc) is 3.51. The van der Waals surface area contributed by atoms with Crippen LogP contribution in [0.25, 0.3) is 0 Å². The summed E-state index contributed by atoms with van der Waals surface area (Å²) < 4.78 is 104. The van der Waals surface area contributed by atoms with Gasteiger partial charge in [0.05, 0.1) is 22.9 Å². The number of aromatic nitrogens is 2. The van der Waals surface area contributed by atoms with E-state index in [1.807, 2.05) is 0 Å². The molecule has 0 bridgehead atoms. The smallest absolute Gasteiger partial charge is 0.313 e. The number of fused-ring (bicyclic) bond motifs is 2. The molecule has 3 aliphatic rings. The Morgan fingerprint density at radius 1 is 1.02 bits per heavy atom. The van der Waals surface area contributed by atoms with Crippen LogP contribution >= 0.6 is 0 Å². The molecule has 1 saturated heterocycles. The van der Waals surface area contributed by atoms with Crippen LogP contribution in [0.4, 0.5) is 22.0 Å². The highest BCUT2D eigenvalue weighted by Crippen LogP contribution is 2.41. The molecule has 0 radical (unpaired) electrons. The Morgan fingerprint density at radius 3 is 2.25 bits per heavy atom. The topological polar surface area (TPSA) is 116 Å². The summed E-state index contributed by atoms with van der Waals surface area (Å²) >= 11 is 0. The summed E-state index contributed by atoms with van der Waals surface area (Å²) in [5.41, 5.74) is -0.477. The van der Waals surface area contributed by atoms with Crippen LogP contribution in [0.5, 0.6) is 5.75 Å². The van der Waals surface area contributed by atoms with Crippen molar-refractivity contribution in [3.05, 3.63) is 46.5 Å². The molecule has 1 aromatic carbocycles. The highest BCUT2D eigenvalue weighted by Gasteiger charge is 2.47. The number of hydrogen-bond acceptors (Lipinski definition) is 8. The lowest BCUT2D eigenvalue weighted by Crippen LogP contribution is -2.53. The summed E-state index contributed by atoms with van der Waals surface area (Å²) in [4.78, 5) is 35.3. The standard InChI is InChI=1S/C25H24F5N3O6S/c26-16-17(27)19(29)21(20(30)18(16)28)39-15(34)5-8-33-12-25(6-9-38-10-7-25)22-14(23(33)35)11-31-24(32-22)40(36,37)13-3-1-2-4-13/h11,13H,1-10,12H2. The zero-order valence-corrected chi connectivity index (χ0v) is 21.8. The van der Waals surface area contributed by atoms with Crippen LogP contribution in [0.3, 0.4) is 0 Å². The fourth-order valence-electron chi connectivity index (χ4n) is 5.50. The molecule has 40 heavy (non-hydrogen) atoms. The van der Waals surface area contributed by atoms with E-state index >= 15 is 0 Å². The third-order valence-electron chi connectivity index (χ3n) is 7.70. The van der Waals surface area contributed by atoms with Crippen molar-refractivity contribution in [3.8, 4) is 5.75 Å². The van der Waals surface area contributed by atoms with E-state index in [2.05, 4.69) is 14.7 Å². The molecule has 0 N–H and O–H groups in total. The van der Waals surface area contributed by atoms with Crippen molar-refractivity contribution >= 4 is 21.7 Å². The SMILES string of the molecule is O=C(CCN1CC2(CCOCC2)c2nc(S(=O)(=O)C3CCCC3)ncc2C1=O)Oc1c(F)c(F)c(F)c(F)c1F. The predicted octanol–water partition coefficient (Wildman–Crippen LogP) is 3.39. The second-order valence-electron chi connectivity index (χ2n) is 10.1. The van der Waals surface area contributed by atoms with Crippen molar-refractivity contribution in [1.29, 1.82) is 0 Å². The molecular formula is C25H24F5N3O6S. The molecule has 5 rings (SSSR count). The fourth-order valence-corrected chi connectivity index (χ4v) is 7.17. The molecule has 2 fully saturated rings. The van der Waals surface area contributed by atoms with Crippen LogP contribution in [-0.4, -0.2) is 66.7 Å². The summed E-state index contributed by atoms with van der Waals surface area (Å²) in [6.07, 6.45) is 3.89. The van der Waals surface area contributed by atoms with Crippen LogP contribution in [0.2, 0.25) is 0 Å². The molecule has 3 heterocycles.